The molecule has 2 aromatic rings. The van der Waals surface area contributed by atoms with E-state index in [1.54, 1.807) is 20.8 Å². The van der Waals surface area contributed by atoms with Crippen LogP contribution in [-0.2, 0) is 14.8 Å². The van der Waals surface area contributed by atoms with E-state index in [4.69, 9.17) is 16.3 Å². The SMILES string of the molecule is COc1cc(NC(C)=O)c(Cl)cc1C(=O)Nc1ccc(S(=O)(=O)NC(C)(C)C)cc1. The van der Waals surface area contributed by atoms with Crippen molar-refractivity contribution < 1.29 is 22.7 Å². The summed E-state index contributed by atoms with van der Waals surface area (Å²) in [6.07, 6.45) is 0. The molecule has 0 radical (unpaired) electrons. The second kappa shape index (κ2) is 9.03. The predicted molar refractivity (Wildman–Crippen MR) is 117 cm³/mol. The van der Waals surface area contributed by atoms with Crippen LogP contribution in [0.5, 0.6) is 5.75 Å². The van der Waals surface area contributed by atoms with E-state index < -0.39 is 21.5 Å². The van der Waals surface area contributed by atoms with Crippen LogP contribution in [0.4, 0.5) is 11.4 Å². The minimum absolute atomic E-state index is 0.0794. The molecule has 0 saturated carbocycles. The molecule has 0 aliphatic rings. The normalized spacial score (nSPS) is 11.7. The summed E-state index contributed by atoms with van der Waals surface area (Å²) in [6, 6.07) is 8.59. The summed E-state index contributed by atoms with van der Waals surface area (Å²) in [4.78, 5) is 24.0. The molecule has 3 N–H and O–H groups in total. The van der Waals surface area contributed by atoms with Crippen LogP contribution >= 0.6 is 11.6 Å². The van der Waals surface area contributed by atoms with E-state index in [9.17, 15) is 18.0 Å². The van der Waals surface area contributed by atoms with E-state index in [1.807, 2.05) is 0 Å². The lowest BCUT2D eigenvalue weighted by molar-refractivity contribution is -0.114. The maximum Gasteiger partial charge on any atom is 0.259 e. The minimum Gasteiger partial charge on any atom is -0.496 e. The average molecular weight is 454 g/mol. The van der Waals surface area contributed by atoms with Crippen LogP contribution in [0.3, 0.4) is 0 Å². The van der Waals surface area contributed by atoms with Crippen molar-refractivity contribution >= 4 is 44.8 Å². The van der Waals surface area contributed by atoms with Crippen molar-refractivity contribution in [2.45, 2.75) is 38.1 Å². The highest BCUT2D eigenvalue weighted by molar-refractivity contribution is 7.89. The molecule has 0 atom stereocenters. The van der Waals surface area contributed by atoms with Crippen LogP contribution in [0.1, 0.15) is 38.1 Å². The smallest absolute Gasteiger partial charge is 0.259 e. The van der Waals surface area contributed by atoms with Gasteiger partial charge in [-0.05, 0) is 51.1 Å². The van der Waals surface area contributed by atoms with Gasteiger partial charge in [0, 0.05) is 24.2 Å². The lowest BCUT2D eigenvalue weighted by atomic mass is 10.1. The number of hydrogen-bond donors (Lipinski definition) is 3. The van der Waals surface area contributed by atoms with Gasteiger partial charge < -0.3 is 15.4 Å². The number of nitrogens with one attached hydrogen (secondary N) is 3. The van der Waals surface area contributed by atoms with E-state index in [1.165, 1.54) is 50.4 Å². The molecule has 0 fully saturated rings. The Balaban J connectivity index is 2.24. The van der Waals surface area contributed by atoms with Crippen molar-refractivity contribution in [1.82, 2.24) is 4.72 Å². The summed E-state index contributed by atoms with van der Waals surface area (Å²) in [7, 11) is -2.29. The van der Waals surface area contributed by atoms with Crippen LogP contribution in [0.25, 0.3) is 0 Å². The standard InChI is InChI=1S/C20H24ClN3O5S/c1-12(25)22-17-11-18(29-5)15(10-16(17)21)19(26)23-13-6-8-14(9-7-13)30(27,28)24-20(2,3)4/h6-11,24H,1-5H3,(H,22,25)(H,23,26). The average Bonchev–Trinajstić information content (AvgIpc) is 2.61. The number of sulfonamides is 1. The van der Waals surface area contributed by atoms with Crippen molar-refractivity contribution in [3.05, 3.63) is 47.0 Å². The molecule has 2 aromatic carbocycles. The number of hydrogen-bond acceptors (Lipinski definition) is 5. The summed E-state index contributed by atoms with van der Waals surface area (Å²) < 4.78 is 32.5. The molecule has 10 heteroatoms. The fraction of sp³-hybridized carbons (Fsp3) is 0.300. The van der Waals surface area contributed by atoms with Gasteiger partial charge in [0.15, 0.2) is 0 Å². The Morgan fingerprint density at radius 3 is 2.13 bits per heavy atom. The minimum atomic E-state index is -3.68. The summed E-state index contributed by atoms with van der Waals surface area (Å²) in [5.74, 6) is -0.604. The zero-order chi connectivity index (χ0) is 22.7. The number of benzene rings is 2. The molecule has 0 heterocycles. The Kier molecular flexibility index (Phi) is 7.12. The number of ether oxygens (including phenoxy) is 1. The molecule has 0 bridgehead atoms. The Morgan fingerprint density at radius 2 is 1.63 bits per heavy atom. The Bertz CT molecular complexity index is 1060. The first-order chi connectivity index (χ1) is 13.8. The zero-order valence-corrected chi connectivity index (χ0v) is 18.9. The summed E-state index contributed by atoms with van der Waals surface area (Å²) in [6.45, 7) is 6.57. The third-order valence-corrected chi connectivity index (χ3v) is 5.79. The third-order valence-electron chi connectivity index (χ3n) is 3.71. The molecule has 0 saturated heterocycles. The molecule has 0 spiro atoms. The fourth-order valence-electron chi connectivity index (χ4n) is 2.56. The van der Waals surface area contributed by atoms with E-state index >= 15 is 0 Å². The fourth-order valence-corrected chi connectivity index (χ4v) is 4.19. The molecule has 30 heavy (non-hydrogen) atoms. The number of halogens is 1. The van der Waals surface area contributed by atoms with Gasteiger partial charge in [-0.25, -0.2) is 13.1 Å². The van der Waals surface area contributed by atoms with Gasteiger partial charge in [-0.3, -0.25) is 9.59 Å². The van der Waals surface area contributed by atoms with Gasteiger partial charge >= 0.3 is 0 Å². The van der Waals surface area contributed by atoms with Gasteiger partial charge in [0.25, 0.3) is 5.91 Å². The topological polar surface area (TPSA) is 114 Å². The predicted octanol–water partition coefficient (Wildman–Crippen LogP) is 3.64. The first-order valence-electron chi connectivity index (χ1n) is 8.93. The van der Waals surface area contributed by atoms with Crippen molar-refractivity contribution in [2.75, 3.05) is 17.7 Å². The number of methoxy groups -OCH3 is 1. The van der Waals surface area contributed by atoms with Crippen LogP contribution in [0.2, 0.25) is 5.02 Å². The van der Waals surface area contributed by atoms with Crippen LogP contribution in [0, 0.1) is 0 Å². The van der Waals surface area contributed by atoms with Gasteiger partial charge in [-0.15, -0.1) is 0 Å². The highest BCUT2D eigenvalue weighted by Gasteiger charge is 2.22. The molecule has 0 unspecified atom stereocenters. The summed E-state index contributed by atoms with van der Waals surface area (Å²) >= 11 is 6.15. The maximum absolute atomic E-state index is 12.7. The highest BCUT2D eigenvalue weighted by atomic mass is 35.5. The number of anilines is 2. The molecular formula is C20H24ClN3O5S. The maximum atomic E-state index is 12.7. The van der Waals surface area contributed by atoms with E-state index in [-0.39, 0.29) is 27.1 Å². The molecule has 0 aromatic heterocycles. The lowest BCUT2D eigenvalue weighted by Gasteiger charge is -2.20. The van der Waals surface area contributed by atoms with Gasteiger partial charge in [0.2, 0.25) is 15.9 Å². The number of rotatable bonds is 6. The molecule has 8 nitrogen and oxygen atoms in total. The van der Waals surface area contributed by atoms with Crippen LogP contribution in [-0.4, -0.2) is 32.9 Å². The molecule has 0 aliphatic heterocycles. The molecular weight excluding hydrogens is 430 g/mol. The lowest BCUT2D eigenvalue weighted by Crippen LogP contribution is -2.40. The molecule has 0 aliphatic carbocycles. The van der Waals surface area contributed by atoms with E-state index in [0.29, 0.717) is 11.4 Å². The van der Waals surface area contributed by atoms with E-state index in [2.05, 4.69) is 15.4 Å². The van der Waals surface area contributed by atoms with Crippen molar-refractivity contribution in [1.29, 1.82) is 0 Å². The highest BCUT2D eigenvalue weighted by Crippen LogP contribution is 2.31. The second-order valence-corrected chi connectivity index (χ2v) is 9.64. The first kappa shape index (κ1) is 23.7. The number of amides is 2. The third kappa shape index (κ3) is 6.19. The quantitative estimate of drug-likeness (QED) is 0.618. The van der Waals surface area contributed by atoms with Crippen molar-refractivity contribution in [3.63, 3.8) is 0 Å². The molecule has 2 amide bonds. The second-order valence-electron chi connectivity index (χ2n) is 7.55. The number of carbonyl (C=O) groups excluding carboxylic acids is 2. The van der Waals surface area contributed by atoms with Gasteiger partial charge in [-0.2, -0.15) is 0 Å². The van der Waals surface area contributed by atoms with Gasteiger partial charge in [0.05, 0.1) is 28.3 Å². The molecule has 2 rings (SSSR count). The van der Waals surface area contributed by atoms with Gasteiger partial charge in [-0.1, -0.05) is 11.6 Å². The summed E-state index contributed by atoms with van der Waals surface area (Å²) in [5, 5.41) is 5.39. The molecule has 162 valence electrons. The van der Waals surface area contributed by atoms with Gasteiger partial charge in [0.1, 0.15) is 5.75 Å². The Hall–Kier alpha value is -2.62. The first-order valence-corrected chi connectivity index (χ1v) is 10.8. The summed E-state index contributed by atoms with van der Waals surface area (Å²) in [5.41, 5.74) is 0.241. The monoisotopic (exact) mass is 453 g/mol. The number of carbonyl (C=O) groups is 2. The Labute approximate surface area is 181 Å². The van der Waals surface area contributed by atoms with Crippen molar-refractivity contribution in [2.24, 2.45) is 0 Å². The largest absolute Gasteiger partial charge is 0.496 e. The Morgan fingerprint density at radius 1 is 1.03 bits per heavy atom. The van der Waals surface area contributed by atoms with E-state index in [0.717, 1.165) is 0 Å². The van der Waals surface area contributed by atoms with Crippen LogP contribution in [0.15, 0.2) is 41.3 Å². The van der Waals surface area contributed by atoms with Crippen molar-refractivity contribution in [3.8, 4) is 5.75 Å². The zero-order valence-electron chi connectivity index (χ0n) is 17.3. The van der Waals surface area contributed by atoms with Crippen LogP contribution < -0.4 is 20.1 Å².